The van der Waals surface area contributed by atoms with Crippen molar-refractivity contribution in [2.24, 2.45) is 10.8 Å². The lowest BCUT2D eigenvalue weighted by atomic mass is 9.85. The molecule has 18 heavy (non-hydrogen) atoms. The molecule has 0 rings (SSSR count). The summed E-state index contributed by atoms with van der Waals surface area (Å²) >= 11 is 0. The van der Waals surface area contributed by atoms with Crippen molar-refractivity contribution in [3.63, 3.8) is 0 Å². The standard InChI is InChI=1S/C8H17F.C7H14F2/c1-7(2,3)6-8(4,5)9;1-6(2,3)5-7(4,8)9/h6H2,1-5H3;5H2,1-4H3. The van der Waals surface area contributed by atoms with Crippen molar-refractivity contribution in [1.29, 1.82) is 0 Å². The number of alkyl halides is 3. The minimum absolute atomic E-state index is 0.0417. The molecule has 0 aliphatic carbocycles. The maximum atomic E-state index is 12.9. The zero-order valence-corrected chi connectivity index (χ0v) is 13.5. The van der Waals surface area contributed by atoms with Gasteiger partial charge in [-0.25, -0.2) is 13.2 Å². The molecule has 0 spiro atoms. The first-order valence-electron chi connectivity index (χ1n) is 6.48. The van der Waals surface area contributed by atoms with Gasteiger partial charge in [0.15, 0.2) is 0 Å². The quantitative estimate of drug-likeness (QED) is 0.555. The molecule has 0 unspecified atom stereocenters. The van der Waals surface area contributed by atoms with Crippen molar-refractivity contribution in [3.8, 4) is 0 Å². The maximum absolute atomic E-state index is 12.9. The van der Waals surface area contributed by atoms with Gasteiger partial charge in [0.05, 0.1) is 0 Å². The number of hydrogen-bond donors (Lipinski definition) is 0. The van der Waals surface area contributed by atoms with Gasteiger partial charge in [-0.2, -0.15) is 0 Å². The fourth-order valence-electron chi connectivity index (χ4n) is 2.19. The van der Waals surface area contributed by atoms with E-state index in [1.54, 1.807) is 13.8 Å². The van der Waals surface area contributed by atoms with Crippen molar-refractivity contribution >= 4 is 0 Å². The third kappa shape index (κ3) is 24.8. The van der Waals surface area contributed by atoms with Gasteiger partial charge >= 0.3 is 0 Å². The zero-order valence-electron chi connectivity index (χ0n) is 13.5. The minimum atomic E-state index is -2.52. The van der Waals surface area contributed by atoms with E-state index in [0.717, 1.165) is 6.92 Å². The Morgan fingerprint density at radius 1 is 0.556 bits per heavy atom. The van der Waals surface area contributed by atoms with Crippen molar-refractivity contribution in [3.05, 3.63) is 0 Å². The Balaban J connectivity index is 0. The molecule has 0 atom stereocenters. The van der Waals surface area contributed by atoms with E-state index in [0.29, 0.717) is 6.42 Å². The Morgan fingerprint density at radius 3 is 0.833 bits per heavy atom. The van der Waals surface area contributed by atoms with E-state index in [4.69, 9.17) is 0 Å². The van der Waals surface area contributed by atoms with Crippen LogP contribution in [0.2, 0.25) is 0 Å². The lowest BCUT2D eigenvalue weighted by Gasteiger charge is -2.25. The first kappa shape index (κ1) is 20.1. The van der Waals surface area contributed by atoms with E-state index in [1.807, 2.05) is 41.5 Å². The van der Waals surface area contributed by atoms with Crippen LogP contribution in [0.1, 0.15) is 75.2 Å². The molecular weight excluding hydrogens is 237 g/mol. The highest BCUT2D eigenvalue weighted by Gasteiger charge is 2.28. The SMILES string of the molecule is CC(C)(C)CC(C)(C)F.CC(C)(C)CC(C)(F)F. The largest absolute Gasteiger partial charge is 0.245 e. The van der Waals surface area contributed by atoms with Crippen LogP contribution in [-0.2, 0) is 0 Å². The van der Waals surface area contributed by atoms with Crippen LogP contribution in [0.25, 0.3) is 0 Å². The molecule has 0 amide bonds. The maximum Gasteiger partial charge on any atom is 0.245 e. The fraction of sp³-hybridized carbons (Fsp3) is 1.00. The molecule has 0 nitrogen and oxygen atoms in total. The Bertz CT molecular complexity index is 168. The summed E-state index contributed by atoms with van der Waals surface area (Å²) in [5.41, 5.74) is -1.17. The van der Waals surface area contributed by atoms with E-state index in [-0.39, 0.29) is 17.3 Å². The van der Waals surface area contributed by atoms with Gasteiger partial charge in [0.25, 0.3) is 0 Å². The Morgan fingerprint density at radius 2 is 0.833 bits per heavy atom. The first-order valence-corrected chi connectivity index (χ1v) is 6.48. The minimum Gasteiger partial charge on any atom is -0.244 e. The van der Waals surface area contributed by atoms with Gasteiger partial charge in [0.1, 0.15) is 5.67 Å². The molecule has 3 heteroatoms. The Kier molecular flexibility index (Phi) is 7.03. The summed E-state index contributed by atoms with van der Waals surface area (Å²) < 4.78 is 37.3. The average molecular weight is 268 g/mol. The summed E-state index contributed by atoms with van der Waals surface area (Å²) in [6.45, 7) is 15.8. The van der Waals surface area contributed by atoms with Crippen LogP contribution in [0.15, 0.2) is 0 Å². The fourth-order valence-corrected chi connectivity index (χ4v) is 2.19. The van der Waals surface area contributed by atoms with Crippen molar-refractivity contribution in [1.82, 2.24) is 0 Å². The molecule has 0 aliphatic rings. The third-order valence-electron chi connectivity index (χ3n) is 1.79. The summed E-state index contributed by atoms with van der Waals surface area (Å²) in [5.74, 6) is -2.52. The summed E-state index contributed by atoms with van der Waals surface area (Å²) in [6.07, 6.45) is 0.583. The molecule has 112 valence electrons. The molecule has 0 heterocycles. The summed E-state index contributed by atoms with van der Waals surface area (Å²) in [4.78, 5) is 0. The van der Waals surface area contributed by atoms with Crippen molar-refractivity contribution in [2.75, 3.05) is 0 Å². The van der Waals surface area contributed by atoms with Gasteiger partial charge in [0.2, 0.25) is 5.92 Å². The highest BCUT2D eigenvalue weighted by molar-refractivity contribution is 4.74. The molecule has 0 fully saturated rings. The average Bonchev–Trinajstić information content (AvgIpc) is 1.64. The highest BCUT2D eigenvalue weighted by atomic mass is 19.3. The van der Waals surface area contributed by atoms with E-state index in [1.165, 1.54) is 0 Å². The first-order chi connectivity index (χ1) is 7.41. The van der Waals surface area contributed by atoms with Crippen LogP contribution in [0.3, 0.4) is 0 Å². The monoisotopic (exact) mass is 268 g/mol. The van der Waals surface area contributed by atoms with Crippen LogP contribution in [0, 0.1) is 10.8 Å². The molecular formula is C15H31F3. The van der Waals surface area contributed by atoms with E-state index < -0.39 is 11.6 Å². The third-order valence-corrected chi connectivity index (χ3v) is 1.79. The van der Waals surface area contributed by atoms with Gasteiger partial charge in [0, 0.05) is 6.42 Å². The van der Waals surface area contributed by atoms with E-state index in [9.17, 15) is 13.2 Å². The molecule has 0 saturated carbocycles. The zero-order chi connectivity index (χ0) is 15.4. The summed E-state index contributed by atoms with van der Waals surface area (Å²) in [6, 6.07) is 0. The van der Waals surface area contributed by atoms with Gasteiger partial charge < -0.3 is 0 Å². The molecule has 0 N–H and O–H groups in total. The van der Waals surface area contributed by atoms with E-state index in [2.05, 4.69) is 0 Å². The van der Waals surface area contributed by atoms with Gasteiger partial charge in [-0.05, 0) is 38.0 Å². The van der Waals surface area contributed by atoms with Gasteiger partial charge in [-0.3, -0.25) is 0 Å². The Hall–Kier alpha value is -0.210. The van der Waals surface area contributed by atoms with Crippen LogP contribution in [-0.4, -0.2) is 11.6 Å². The predicted octanol–water partition coefficient (Wildman–Crippen LogP) is 6.25. The van der Waals surface area contributed by atoms with Crippen molar-refractivity contribution < 1.29 is 13.2 Å². The Labute approximate surface area is 111 Å². The molecule has 0 radical (unpaired) electrons. The second-order valence-corrected chi connectivity index (χ2v) is 8.26. The topological polar surface area (TPSA) is 0 Å². The smallest absolute Gasteiger partial charge is 0.244 e. The number of rotatable bonds is 2. The van der Waals surface area contributed by atoms with Crippen LogP contribution < -0.4 is 0 Å². The molecule has 0 aromatic carbocycles. The number of hydrogen-bond acceptors (Lipinski definition) is 0. The molecule has 0 bridgehead atoms. The summed E-state index contributed by atoms with van der Waals surface area (Å²) in [7, 11) is 0. The normalized spacial score (nSPS) is 14.0. The molecule has 0 aromatic heterocycles. The number of halogens is 3. The summed E-state index contributed by atoms with van der Waals surface area (Å²) in [5, 5.41) is 0. The predicted molar refractivity (Wildman–Crippen MR) is 74.0 cm³/mol. The lowest BCUT2D eigenvalue weighted by molar-refractivity contribution is -0.0168. The lowest BCUT2D eigenvalue weighted by Crippen LogP contribution is -2.21. The molecule has 0 saturated heterocycles. The van der Waals surface area contributed by atoms with Crippen molar-refractivity contribution in [2.45, 2.75) is 86.7 Å². The van der Waals surface area contributed by atoms with E-state index >= 15 is 0 Å². The molecule has 0 aromatic rings. The highest BCUT2D eigenvalue weighted by Crippen LogP contribution is 2.30. The second-order valence-electron chi connectivity index (χ2n) is 8.26. The molecule has 0 aliphatic heterocycles. The second kappa shape index (κ2) is 6.29. The van der Waals surface area contributed by atoms with Crippen LogP contribution in [0.4, 0.5) is 13.2 Å². The van der Waals surface area contributed by atoms with Gasteiger partial charge in [-0.1, -0.05) is 41.5 Å². The van der Waals surface area contributed by atoms with Gasteiger partial charge in [-0.15, -0.1) is 0 Å². The van der Waals surface area contributed by atoms with Crippen LogP contribution >= 0.6 is 0 Å². The van der Waals surface area contributed by atoms with Crippen LogP contribution in [0.5, 0.6) is 0 Å².